The molecule has 6 heteroatoms. The molecule has 0 fully saturated rings. The maximum absolute atomic E-state index is 6.74. The number of hydrogen-bond donors (Lipinski definition) is 0. The summed E-state index contributed by atoms with van der Waals surface area (Å²) in [6.45, 7) is 0. The van der Waals surface area contributed by atoms with Crippen LogP contribution in [0.3, 0.4) is 0 Å². The van der Waals surface area contributed by atoms with Gasteiger partial charge in [-0.2, -0.15) is 0 Å². The molecule has 0 bridgehead atoms. The van der Waals surface area contributed by atoms with Gasteiger partial charge in [-0.05, 0) is 71.4 Å². The minimum atomic E-state index is 0.558. The lowest BCUT2D eigenvalue weighted by Gasteiger charge is -2.14. The summed E-state index contributed by atoms with van der Waals surface area (Å²) in [5, 5.41) is 9.07. The molecule has 13 rings (SSSR count). The van der Waals surface area contributed by atoms with E-state index in [-0.39, 0.29) is 0 Å². The molecule has 4 heterocycles. The van der Waals surface area contributed by atoms with Crippen molar-refractivity contribution in [3.05, 3.63) is 200 Å². The van der Waals surface area contributed by atoms with Gasteiger partial charge in [-0.25, -0.2) is 15.0 Å². The molecule has 0 atom stereocenters. The van der Waals surface area contributed by atoms with Crippen LogP contribution in [0, 0.1) is 0 Å². The largest absolute Gasteiger partial charge is 0.456 e. The van der Waals surface area contributed by atoms with Gasteiger partial charge in [-0.1, -0.05) is 140 Å². The van der Waals surface area contributed by atoms with Crippen molar-refractivity contribution >= 4 is 76.3 Å². The van der Waals surface area contributed by atoms with Gasteiger partial charge in [0.25, 0.3) is 0 Å². The Morgan fingerprint density at radius 1 is 0.344 bits per heavy atom. The summed E-state index contributed by atoms with van der Waals surface area (Å²) in [7, 11) is 0. The highest BCUT2D eigenvalue weighted by atomic mass is 16.3. The first-order valence-corrected chi connectivity index (χ1v) is 20.5. The number of benzene rings is 9. The molecule has 6 nitrogen and oxygen atoms in total. The molecule has 0 amide bonds. The minimum Gasteiger partial charge on any atom is -0.456 e. The van der Waals surface area contributed by atoms with E-state index in [0.29, 0.717) is 17.5 Å². The average molecular weight is 780 g/mol. The monoisotopic (exact) mass is 779 g/mol. The van der Waals surface area contributed by atoms with Crippen LogP contribution >= 0.6 is 0 Å². The Morgan fingerprint density at radius 2 is 0.951 bits per heavy atom. The number of furan rings is 1. The van der Waals surface area contributed by atoms with Gasteiger partial charge >= 0.3 is 0 Å². The first-order chi connectivity index (χ1) is 30.2. The third kappa shape index (κ3) is 5.12. The molecule has 0 saturated carbocycles. The molecule has 0 aliphatic rings. The van der Waals surface area contributed by atoms with Gasteiger partial charge in [-0.3, -0.25) is 0 Å². The highest BCUT2D eigenvalue weighted by Gasteiger charge is 2.23. The van der Waals surface area contributed by atoms with Crippen LogP contribution in [0.1, 0.15) is 0 Å². The molecule has 0 aliphatic heterocycles. The van der Waals surface area contributed by atoms with E-state index >= 15 is 0 Å². The third-order valence-corrected chi connectivity index (χ3v) is 12.1. The standard InChI is InChI=1S/C55H33N5O/c1-3-16-34(17-4-1)53-56-54(58-55(57-53)42-25-15-28-46-51(42)40-23-10-13-27-45(40)59(46)38-20-5-2-6-21-38)37-32-48(52-41-24-11-14-29-49(41)61-50(52)33-37)60-44-26-12-9-22-39(44)43-30-35-18-7-8-19-36(35)31-47(43)60/h1-33H. The number of nitrogens with zero attached hydrogens (tertiary/aromatic N) is 5. The van der Waals surface area contributed by atoms with Crippen molar-refractivity contribution in [1.29, 1.82) is 0 Å². The Kier molecular flexibility index (Phi) is 7.21. The molecule has 0 radical (unpaired) electrons. The van der Waals surface area contributed by atoms with Crippen LogP contribution in [0.4, 0.5) is 0 Å². The Morgan fingerprint density at radius 3 is 1.75 bits per heavy atom. The van der Waals surface area contributed by atoms with E-state index in [1.165, 1.54) is 21.5 Å². The summed E-state index contributed by atoms with van der Waals surface area (Å²) in [6, 6.07) is 70.2. The third-order valence-electron chi connectivity index (χ3n) is 12.1. The van der Waals surface area contributed by atoms with Gasteiger partial charge < -0.3 is 13.6 Å². The van der Waals surface area contributed by atoms with Crippen LogP contribution in [-0.2, 0) is 0 Å². The highest BCUT2D eigenvalue weighted by molar-refractivity contribution is 6.18. The lowest BCUT2D eigenvalue weighted by atomic mass is 10.0. The molecule has 284 valence electrons. The summed E-state index contributed by atoms with van der Waals surface area (Å²) in [5.41, 5.74) is 10.8. The van der Waals surface area contributed by atoms with Crippen molar-refractivity contribution < 1.29 is 4.42 Å². The van der Waals surface area contributed by atoms with E-state index in [1.807, 2.05) is 30.3 Å². The zero-order valence-electron chi connectivity index (χ0n) is 32.7. The fourth-order valence-electron chi connectivity index (χ4n) is 9.46. The van der Waals surface area contributed by atoms with E-state index in [4.69, 9.17) is 19.4 Å². The van der Waals surface area contributed by atoms with Crippen LogP contribution in [0.25, 0.3) is 122 Å². The van der Waals surface area contributed by atoms with E-state index < -0.39 is 0 Å². The maximum Gasteiger partial charge on any atom is 0.164 e. The van der Waals surface area contributed by atoms with Crippen molar-refractivity contribution in [2.75, 3.05) is 0 Å². The maximum atomic E-state index is 6.74. The summed E-state index contributed by atoms with van der Waals surface area (Å²) in [4.78, 5) is 15.9. The molecule has 0 saturated heterocycles. The zero-order chi connectivity index (χ0) is 40.0. The molecule has 13 aromatic rings. The number of aromatic nitrogens is 5. The minimum absolute atomic E-state index is 0.558. The first kappa shape index (κ1) is 33.6. The Labute approximate surface area is 349 Å². The van der Waals surface area contributed by atoms with Gasteiger partial charge in [0.05, 0.1) is 33.1 Å². The SMILES string of the molecule is c1ccc(-c2nc(-c3cc(-n4c5ccccc5c5cc6ccccc6cc54)c4c(c3)oc3ccccc34)nc(-c3cccc4c3c3ccccc3n4-c3ccccc3)n2)cc1. The molecule has 4 aromatic heterocycles. The normalized spacial score (nSPS) is 11.9. The Hall–Kier alpha value is -8.35. The van der Waals surface area contributed by atoms with Gasteiger partial charge in [-0.15, -0.1) is 0 Å². The first-order valence-electron chi connectivity index (χ1n) is 20.5. The predicted molar refractivity (Wildman–Crippen MR) is 250 cm³/mol. The predicted octanol–water partition coefficient (Wildman–Crippen LogP) is 14.1. The fourth-order valence-corrected chi connectivity index (χ4v) is 9.46. The smallest absolute Gasteiger partial charge is 0.164 e. The second-order valence-electron chi connectivity index (χ2n) is 15.6. The molecular formula is C55H33N5O. The summed E-state index contributed by atoms with van der Waals surface area (Å²) >= 11 is 0. The van der Waals surface area contributed by atoms with Crippen LogP contribution in [0.5, 0.6) is 0 Å². The number of hydrogen-bond acceptors (Lipinski definition) is 4. The van der Waals surface area contributed by atoms with Crippen LogP contribution < -0.4 is 0 Å². The van der Waals surface area contributed by atoms with Gasteiger partial charge in [0.2, 0.25) is 0 Å². The number of para-hydroxylation sites is 4. The summed E-state index contributed by atoms with van der Waals surface area (Å²) in [5.74, 6) is 1.75. The Bertz CT molecular complexity index is 3880. The molecular weight excluding hydrogens is 747 g/mol. The van der Waals surface area contributed by atoms with Crippen LogP contribution in [0.15, 0.2) is 205 Å². The quantitative estimate of drug-likeness (QED) is 0.175. The summed E-state index contributed by atoms with van der Waals surface area (Å²) in [6.07, 6.45) is 0. The van der Waals surface area contributed by atoms with E-state index in [0.717, 1.165) is 82.8 Å². The van der Waals surface area contributed by atoms with Gasteiger partial charge in [0.15, 0.2) is 17.5 Å². The van der Waals surface area contributed by atoms with Crippen molar-refractivity contribution in [3.63, 3.8) is 0 Å². The molecule has 0 aliphatic carbocycles. The summed E-state index contributed by atoms with van der Waals surface area (Å²) < 4.78 is 11.5. The van der Waals surface area contributed by atoms with E-state index in [1.54, 1.807) is 0 Å². The van der Waals surface area contributed by atoms with E-state index in [2.05, 4.69) is 179 Å². The molecule has 9 aromatic carbocycles. The topological polar surface area (TPSA) is 61.7 Å². The second kappa shape index (κ2) is 13.1. The second-order valence-corrected chi connectivity index (χ2v) is 15.6. The molecule has 0 N–H and O–H groups in total. The van der Waals surface area contributed by atoms with Crippen molar-refractivity contribution in [2.45, 2.75) is 0 Å². The van der Waals surface area contributed by atoms with E-state index in [9.17, 15) is 0 Å². The molecule has 0 spiro atoms. The van der Waals surface area contributed by atoms with Crippen LogP contribution in [0.2, 0.25) is 0 Å². The van der Waals surface area contributed by atoms with Crippen molar-refractivity contribution in [3.8, 4) is 45.5 Å². The Balaban J connectivity index is 1.12. The molecule has 0 unspecified atom stereocenters. The average Bonchev–Trinajstić information content (AvgIpc) is 3.98. The van der Waals surface area contributed by atoms with Crippen molar-refractivity contribution in [2.24, 2.45) is 0 Å². The lowest BCUT2D eigenvalue weighted by molar-refractivity contribution is 0.669. The van der Waals surface area contributed by atoms with Crippen LogP contribution in [-0.4, -0.2) is 24.1 Å². The fraction of sp³-hybridized carbons (Fsp3) is 0. The zero-order valence-corrected chi connectivity index (χ0v) is 32.7. The van der Waals surface area contributed by atoms with Gasteiger partial charge in [0, 0.05) is 49.3 Å². The van der Waals surface area contributed by atoms with Crippen molar-refractivity contribution in [1.82, 2.24) is 24.1 Å². The highest BCUT2D eigenvalue weighted by Crippen LogP contribution is 2.43. The number of fused-ring (bicyclic) bond motifs is 10. The number of rotatable bonds is 5. The van der Waals surface area contributed by atoms with Gasteiger partial charge in [0.1, 0.15) is 11.2 Å². The molecule has 61 heavy (non-hydrogen) atoms. The lowest BCUT2D eigenvalue weighted by Crippen LogP contribution is -2.02.